The van der Waals surface area contributed by atoms with E-state index in [1.54, 1.807) is 0 Å². The summed E-state index contributed by atoms with van der Waals surface area (Å²) < 4.78 is 0. The maximum atomic E-state index is 8.42. The molecule has 22 heteroatoms. The summed E-state index contributed by atoms with van der Waals surface area (Å²) >= 11 is 0. The summed E-state index contributed by atoms with van der Waals surface area (Å²) in [6, 6.07) is 0. The van der Waals surface area contributed by atoms with E-state index < -0.39 is 29.3 Å². The Balaban J connectivity index is -0.00000001000. The van der Waals surface area contributed by atoms with Crippen molar-refractivity contribution in [2.75, 3.05) is 0 Å². The van der Waals surface area contributed by atoms with Crippen LogP contribution in [0, 0.1) is 0 Å². The minimum atomic E-state index is -2.92. The molecule has 0 aromatic carbocycles. The summed E-state index contributed by atoms with van der Waals surface area (Å²) in [6.07, 6.45) is 0. The van der Waals surface area contributed by atoms with Crippen LogP contribution in [0.15, 0.2) is 0 Å². The third-order valence-corrected chi connectivity index (χ3v) is 0. The third-order valence-electron chi connectivity index (χ3n) is 0. The molecule has 22 heavy (non-hydrogen) atoms. The van der Waals surface area contributed by atoms with Gasteiger partial charge in [-0.1, -0.05) is 0 Å². The first-order chi connectivity index (χ1) is 6.93. The van der Waals surface area contributed by atoms with Crippen molar-refractivity contribution in [1.29, 1.82) is 0 Å². The fourth-order valence-corrected chi connectivity index (χ4v) is 0. The third kappa shape index (κ3) is 292. The predicted octanol–water partition coefficient (Wildman–Crippen LogP) is -18.1. The molecule has 0 spiro atoms. The molecule has 96 valence electrons. The molecule has 0 radical (unpaired) electrons. The van der Waals surface area contributed by atoms with Gasteiger partial charge in [-0.05, 0) is 0 Å². The van der Waals surface area contributed by atoms with E-state index >= 15 is 0 Å². The van der Waals surface area contributed by atoms with Crippen molar-refractivity contribution in [3.63, 3.8) is 0 Å². The van der Waals surface area contributed by atoms with Crippen LogP contribution in [0.3, 0.4) is 0 Å². The molecule has 0 heterocycles. The van der Waals surface area contributed by atoms with Crippen molar-refractivity contribution < 1.29 is 60.3 Å². The van der Waals surface area contributed by atoms with Crippen LogP contribution in [-0.2, 0) is 0 Å². The van der Waals surface area contributed by atoms with Gasteiger partial charge in [0.25, 0.3) is 0 Å². The summed E-state index contributed by atoms with van der Waals surface area (Å²) in [5, 5.41) is 101. The summed E-state index contributed by atoms with van der Waals surface area (Å²) in [5.41, 5.74) is 0. The molecule has 0 atom stereocenters. The molecule has 12 nitrogen and oxygen atoms in total. The summed E-state index contributed by atoms with van der Waals surface area (Å²) in [6.45, 7) is 0. The fourth-order valence-electron chi connectivity index (χ4n) is 0. The van der Waals surface area contributed by atoms with Crippen LogP contribution in [0.5, 0.6) is 0 Å². The van der Waals surface area contributed by atoms with Crippen LogP contribution in [0.1, 0.15) is 0 Å². The van der Waals surface area contributed by atoms with E-state index in [9.17, 15) is 0 Å². The topological polar surface area (TPSA) is 277 Å². The van der Waals surface area contributed by atoms with Gasteiger partial charge in [0.15, 0.2) is 0 Å². The van der Waals surface area contributed by atoms with Gasteiger partial charge in [-0.2, -0.15) is 0 Å². The van der Waals surface area contributed by atoms with Crippen LogP contribution in [0.4, 0.5) is 0 Å². The van der Waals surface area contributed by atoms with E-state index in [0.29, 0.717) is 0 Å². The molecule has 0 amide bonds. The molecule has 0 unspecified atom stereocenters. The number of hydrogen-bond acceptors (Lipinski definition) is 12. The van der Waals surface area contributed by atoms with Crippen molar-refractivity contribution in [1.82, 2.24) is 0 Å². The molecular weight excluding hydrogens is 761 g/mol. The molecule has 0 aliphatic rings. The summed E-state index contributed by atoms with van der Waals surface area (Å²) in [7, 11) is -11.7. The average molecular weight is 761 g/mol. The van der Waals surface area contributed by atoms with Crippen LogP contribution >= 0.6 is 0 Å². The maximum absolute atomic E-state index is 8.42. The molecule has 0 bridgehead atoms. The van der Waals surface area contributed by atoms with Crippen LogP contribution in [0.25, 0.3) is 0 Å². The maximum Gasteiger partial charge on any atom is 2.00 e. The quantitative estimate of drug-likeness (QED) is 0.208. The zero-order valence-electron chi connectivity index (χ0n) is 11.5. The predicted molar refractivity (Wildman–Crippen MR) is 57.5 cm³/mol. The van der Waals surface area contributed by atoms with Crippen LogP contribution in [0.2, 0.25) is 0 Å². The number of hydrogen-bond donors (Lipinski definition) is 0. The van der Waals surface area contributed by atoms with E-state index in [-0.39, 0.29) is 273 Å². The largest absolute Gasteiger partial charge is 2.00 e. The van der Waals surface area contributed by atoms with Crippen molar-refractivity contribution in [3.05, 3.63) is 0 Å². The fraction of sp³-hybridized carbons (Fsp3) is 0. The van der Waals surface area contributed by atoms with Crippen LogP contribution < -0.4 is 60.3 Å². The first-order valence-corrected chi connectivity index (χ1v) is 2.83. The van der Waals surface area contributed by atoms with Gasteiger partial charge in [0.2, 0.25) is 0 Å². The molecule has 0 saturated carbocycles. The van der Waals surface area contributed by atoms with Gasteiger partial charge in [0.1, 0.15) is 0 Å². The van der Waals surface area contributed by atoms with Gasteiger partial charge < -0.3 is 60.3 Å². The molecule has 0 aliphatic heterocycles. The Morgan fingerprint density at radius 2 is 0.227 bits per heavy atom. The summed E-state index contributed by atoms with van der Waals surface area (Å²) in [5.74, 6) is 0. The minimum absolute atomic E-state index is 0. The molecular formula is B4O12Sr6. The van der Waals surface area contributed by atoms with Gasteiger partial charge >= 0.3 is 273 Å². The second kappa shape index (κ2) is 57.1. The van der Waals surface area contributed by atoms with Gasteiger partial charge in [0.05, 0.1) is 0 Å². The monoisotopic (exact) mass is 763 g/mol. The molecule has 0 fully saturated rings. The minimum Gasteiger partial charge on any atom is -0.907 e. The Morgan fingerprint density at radius 1 is 0.227 bits per heavy atom. The standard InChI is InChI=1S/4BO3.6Sr/c4*2-1(3)4;;;;;;/q4*-3;6*+2. The Kier molecular flexibility index (Phi) is 164. The number of rotatable bonds is 0. The zero-order valence-corrected chi connectivity index (χ0v) is 32.3. The molecule has 0 rings (SSSR count). The second-order valence-electron chi connectivity index (χ2n) is 1.15. The Bertz CT molecular complexity index is 74.6. The zero-order chi connectivity index (χ0) is 14.3. The Morgan fingerprint density at radius 3 is 0.227 bits per heavy atom. The van der Waals surface area contributed by atoms with Gasteiger partial charge in [-0.3, -0.25) is 29.3 Å². The van der Waals surface area contributed by atoms with Crippen molar-refractivity contribution in [3.8, 4) is 0 Å². The van der Waals surface area contributed by atoms with Crippen LogP contribution in [-0.4, -0.2) is 302 Å². The van der Waals surface area contributed by atoms with Gasteiger partial charge in [-0.25, -0.2) is 0 Å². The van der Waals surface area contributed by atoms with E-state index in [0.717, 1.165) is 0 Å². The summed E-state index contributed by atoms with van der Waals surface area (Å²) in [4.78, 5) is 0. The smallest absolute Gasteiger partial charge is 0.907 e. The molecule has 0 N–H and O–H groups in total. The molecule has 0 aromatic heterocycles. The van der Waals surface area contributed by atoms with Crippen molar-refractivity contribution in [2.24, 2.45) is 0 Å². The Labute approximate surface area is 351 Å². The second-order valence-corrected chi connectivity index (χ2v) is 1.15. The van der Waals surface area contributed by atoms with E-state index in [1.807, 2.05) is 0 Å². The van der Waals surface area contributed by atoms with Crippen molar-refractivity contribution in [2.45, 2.75) is 0 Å². The molecule has 0 saturated heterocycles. The molecule has 0 aliphatic carbocycles. The normalized spacial score (nSPS) is 4.91. The first kappa shape index (κ1) is 63.2. The molecule has 0 aromatic rings. The first-order valence-electron chi connectivity index (χ1n) is 2.83. The van der Waals surface area contributed by atoms with Crippen molar-refractivity contribution >= 4 is 302 Å². The van der Waals surface area contributed by atoms with E-state index in [2.05, 4.69) is 0 Å². The van der Waals surface area contributed by atoms with Gasteiger partial charge in [0, 0.05) is 0 Å². The Hall–Kier alpha value is 8.66. The SMILES string of the molecule is [O-]B([O-])[O-].[O-]B([O-])[O-].[O-]B([O-])[O-].[O-]B([O-])[O-].[Sr+2].[Sr+2].[Sr+2].[Sr+2].[Sr+2].[Sr+2]. The van der Waals surface area contributed by atoms with E-state index in [4.69, 9.17) is 60.3 Å². The average Bonchev–Trinajstić information content (AvgIpc) is 1.76. The van der Waals surface area contributed by atoms with Gasteiger partial charge in [-0.15, -0.1) is 0 Å². The van der Waals surface area contributed by atoms with E-state index in [1.165, 1.54) is 0 Å².